The van der Waals surface area contributed by atoms with Crippen LogP contribution in [0.2, 0.25) is 0 Å². The third-order valence-electron chi connectivity index (χ3n) is 2.50. The molecule has 1 atom stereocenters. The van der Waals surface area contributed by atoms with Crippen LogP contribution in [0.3, 0.4) is 0 Å². The molecular weight excluding hydrogens is 214 g/mol. The lowest BCUT2D eigenvalue weighted by atomic mass is 10.1. The van der Waals surface area contributed by atoms with E-state index in [0.717, 1.165) is 29.1 Å². The summed E-state index contributed by atoms with van der Waals surface area (Å²) in [7, 11) is 0. The highest BCUT2D eigenvalue weighted by atomic mass is 16.3. The van der Waals surface area contributed by atoms with Crippen molar-refractivity contribution in [3.8, 4) is 11.6 Å². The standard InChI is InChI=1S/C13H17N3O/c1-8-4-5-17-12(8)13-15-10(3)7-11(16-13)6-9(2)14/h4-5,7,9H,6,14H2,1-3H3. The zero-order chi connectivity index (χ0) is 12.4. The average Bonchev–Trinajstić information content (AvgIpc) is 2.62. The van der Waals surface area contributed by atoms with Crippen LogP contribution in [0.1, 0.15) is 23.9 Å². The maximum Gasteiger partial charge on any atom is 0.196 e. The summed E-state index contributed by atoms with van der Waals surface area (Å²) in [5.41, 5.74) is 8.72. The van der Waals surface area contributed by atoms with Crippen LogP contribution in [0.25, 0.3) is 11.6 Å². The van der Waals surface area contributed by atoms with Gasteiger partial charge in [0.05, 0.1) is 6.26 Å². The lowest BCUT2D eigenvalue weighted by molar-refractivity contribution is 0.574. The summed E-state index contributed by atoms with van der Waals surface area (Å²) in [6.45, 7) is 5.90. The minimum atomic E-state index is 0.0925. The minimum absolute atomic E-state index is 0.0925. The van der Waals surface area contributed by atoms with E-state index in [1.165, 1.54) is 0 Å². The van der Waals surface area contributed by atoms with Crippen LogP contribution in [-0.2, 0) is 6.42 Å². The largest absolute Gasteiger partial charge is 0.461 e. The molecule has 0 aliphatic heterocycles. The number of aryl methyl sites for hydroxylation is 2. The summed E-state index contributed by atoms with van der Waals surface area (Å²) in [5, 5.41) is 0. The van der Waals surface area contributed by atoms with Gasteiger partial charge in [-0.15, -0.1) is 0 Å². The highest BCUT2D eigenvalue weighted by molar-refractivity contribution is 5.52. The first kappa shape index (κ1) is 11.8. The van der Waals surface area contributed by atoms with Crippen LogP contribution >= 0.6 is 0 Å². The van der Waals surface area contributed by atoms with Gasteiger partial charge in [-0.1, -0.05) is 0 Å². The van der Waals surface area contributed by atoms with Crippen LogP contribution < -0.4 is 5.73 Å². The molecule has 2 aromatic heterocycles. The number of rotatable bonds is 3. The number of nitrogens with two attached hydrogens (primary N) is 1. The molecule has 2 rings (SSSR count). The van der Waals surface area contributed by atoms with Gasteiger partial charge in [-0.25, -0.2) is 9.97 Å². The molecular formula is C13H17N3O. The Morgan fingerprint density at radius 2 is 2.12 bits per heavy atom. The minimum Gasteiger partial charge on any atom is -0.461 e. The molecule has 0 spiro atoms. The van der Waals surface area contributed by atoms with E-state index in [4.69, 9.17) is 10.2 Å². The fourth-order valence-electron chi connectivity index (χ4n) is 1.77. The van der Waals surface area contributed by atoms with Gasteiger partial charge in [0.1, 0.15) is 0 Å². The van der Waals surface area contributed by atoms with Crippen molar-refractivity contribution >= 4 is 0 Å². The maximum absolute atomic E-state index is 5.79. The third-order valence-corrected chi connectivity index (χ3v) is 2.50. The Hall–Kier alpha value is -1.68. The number of furan rings is 1. The predicted octanol–water partition coefficient (Wildman–Crippen LogP) is 2.24. The molecule has 17 heavy (non-hydrogen) atoms. The van der Waals surface area contributed by atoms with Gasteiger partial charge in [-0.05, 0) is 38.5 Å². The van der Waals surface area contributed by atoms with E-state index in [9.17, 15) is 0 Å². The second-order valence-electron chi connectivity index (χ2n) is 4.44. The third kappa shape index (κ3) is 2.71. The van der Waals surface area contributed by atoms with Gasteiger partial charge >= 0.3 is 0 Å². The number of aromatic nitrogens is 2. The van der Waals surface area contributed by atoms with E-state index in [1.54, 1.807) is 6.26 Å². The van der Waals surface area contributed by atoms with Crippen LogP contribution in [0, 0.1) is 13.8 Å². The molecule has 0 radical (unpaired) electrons. The first-order valence-corrected chi connectivity index (χ1v) is 5.71. The monoisotopic (exact) mass is 231 g/mol. The molecule has 0 saturated carbocycles. The average molecular weight is 231 g/mol. The number of hydrogen-bond donors (Lipinski definition) is 1. The molecule has 4 nitrogen and oxygen atoms in total. The lowest BCUT2D eigenvalue weighted by Gasteiger charge is -2.07. The second-order valence-corrected chi connectivity index (χ2v) is 4.44. The van der Waals surface area contributed by atoms with Crippen molar-refractivity contribution in [2.45, 2.75) is 33.2 Å². The Bertz CT molecular complexity index is 517. The molecule has 2 heterocycles. The molecule has 4 heteroatoms. The molecule has 1 unspecified atom stereocenters. The molecule has 0 saturated heterocycles. The Labute approximate surface area is 101 Å². The summed E-state index contributed by atoms with van der Waals surface area (Å²) >= 11 is 0. The Balaban J connectivity index is 2.42. The summed E-state index contributed by atoms with van der Waals surface area (Å²) in [6.07, 6.45) is 2.40. The van der Waals surface area contributed by atoms with Gasteiger partial charge in [0.25, 0.3) is 0 Å². The van der Waals surface area contributed by atoms with Gasteiger partial charge in [-0.2, -0.15) is 0 Å². The van der Waals surface area contributed by atoms with E-state index in [1.807, 2.05) is 32.9 Å². The van der Waals surface area contributed by atoms with Crippen molar-refractivity contribution in [1.82, 2.24) is 9.97 Å². The van der Waals surface area contributed by atoms with Gasteiger partial charge in [0.2, 0.25) is 0 Å². The smallest absolute Gasteiger partial charge is 0.196 e. The molecule has 0 amide bonds. The zero-order valence-electron chi connectivity index (χ0n) is 10.4. The molecule has 0 aliphatic rings. The molecule has 0 aliphatic carbocycles. The highest BCUT2D eigenvalue weighted by Crippen LogP contribution is 2.21. The van der Waals surface area contributed by atoms with Crippen molar-refractivity contribution < 1.29 is 4.42 Å². The first-order valence-electron chi connectivity index (χ1n) is 5.71. The molecule has 0 bridgehead atoms. The van der Waals surface area contributed by atoms with Gasteiger partial charge in [0.15, 0.2) is 11.6 Å². The van der Waals surface area contributed by atoms with Gasteiger partial charge in [0, 0.05) is 23.9 Å². The Morgan fingerprint density at radius 1 is 1.35 bits per heavy atom. The van der Waals surface area contributed by atoms with Crippen LogP contribution in [0.4, 0.5) is 0 Å². The van der Waals surface area contributed by atoms with Crippen LogP contribution in [-0.4, -0.2) is 16.0 Å². The van der Waals surface area contributed by atoms with Crippen molar-refractivity contribution in [2.24, 2.45) is 5.73 Å². The number of hydrogen-bond acceptors (Lipinski definition) is 4. The number of nitrogens with zero attached hydrogens (tertiary/aromatic N) is 2. The summed E-state index contributed by atoms with van der Waals surface area (Å²) < 4.78 is 5.41. The normalized spacial score (nSPS) is 12.7. The Kier molecular flexibility index (Phi) is 3.24. The zero-order valence-corrected chi connectivity index (χ0v) is 10.4. The van der Waals surface area contributed by atoms with Crippen molar-refractivity contribution in [3.05, 3.63) is 35.3 Å². The molecule has 0 fully saturated rings. The van der Waals surface area contributed by atoms with Crippen molar-refractivity contribution in [2.75, 3.05) is 0 Å². The van der Waals surface area contributed by atoms with E-state index >= 15 is 0 Å². The van der Waals surface area contributed by atoms with E-state index < -0.39 is 0 Å². The fraction of sp³-hybridized carbons (Fsp3) is 0.385. The Morgan fingerprint density at radius 3 is 2.71 bits per heavy atom. The first-order chi connectivity index (χ1) is 8.06. The lowest BCUT2D eigenvalue weighted by Crippen LogP contribution is -2.19. The summed E-state index contributed by atoms with van der Waals surface area (Å²) in [5.74, 6) is 1.38. The predicted molar refractivity (Wildman–Crippen MR) is 66.6 cm³/mol. The van der Waals surface area contributed by atoms with E-state index in [-0.39, 0.29) is 6.04 Å². The van der Waals surface area contributed by atoms with E-state index in [2.05, 4.69) is 9.97 Å². The quantitative estimate of drug-likeness (QED) is 0.879. The van der Waals surface area contributed by atoms with Crippen molar-refractivity contribution in [1.29, 1.82) is 0 Å². The second kappa shape index (κ2) is 4.67. The molecule has 2 N–H and O–H groups in total. The van der Waals surface area contributed by atoms with Gasteiger partial charge < -0.3 is 10.2 Å². The fourth-order valence-corrected chi connectivity index (χ4v) is 1.77. The summed E-state index contributed by atoms with van der Waals surface area (Å²) in [6, 6.07) is 3.96. The SMILES string of the molecule is Cc1cc(CC(C)N)nc(-c2occc2C)n1. The van der Waals surface area contributed by atoms with Gasteiger partial charge in [-0.3, -0.25) is 0 Å². The highest BCUT2D eigenvalue weighted by Gasteiger charge is 2.11. The van der Waals surface area contributed by atoms with Crippen molar-refractivity contribution in [3.63, 3.8) is 0 Å². The topological polar surface area (TPSA) is 64.9 Å². The summed E-state index contributed by atoms with van der Waals surface area (Å²) in [4.78, 5) is 8.89. The van der Waals surface area contributed by atoms with Crippen LogP contribution in [0.15, 0.2) is 22.8 Å². The molecule has 90 valence electrons. The molecule has 2 aromatic rings. The van der Waals surface area contributed by atoms with E-state index in [0.29, 0.717) is 5.82 Å². The molecule has 0 aromatic carbocycles. The maximum atomic E-state index is 5.79. The van der Waals surface area contributed by atoms with Crippen LogP contribution in [0.5, 0.6) is 0 Å².